The van der Waals surface area contributed by atoms with E-state index in [0.717, 1.165) is 0 Å². The van der Waals surface area contributed by atoms with Crippen molar-refractivity contribution in [3.63, 3.8) is 0 Å². The zero-order valence-electron chi connectivity index (χ0n) is 10.2. The summed E-state index contributed by atoms with van der Waals surface area (Å²) >= 11 is 0. The van der Waals surface area contributed by atoms with Crippen LogP contribution in [-0.2, 0) is 0 Å². The van der Waals surface area contributed by atoms with Crippen molar-refractivity contribution in [3.05, 3.63) is 35.9 Å². The fraction of sp³-hybridized carbons (Fsp3) is 0.333. The Morgan fingerprint density at radius 1 is 1.18 bits per heavy atom. The van der Waals surface area contributed by atoms with Crippen molar-refractivity contribution >= 4 is 11.5 Å². The molecule has 0 bridgehead atoms. The minimum absolute atomic E-state index is 0.131. The van der Waals surface area contributed by atoms with E-state index in [2.05, 4.69) is 10.1 Å². The minimum Gasteiger partial charge on any atom is -0.410 e. The lowest BCUT2D eigenvalue weighted by Gasteiger charge is -2.15. The predicted octanol–water partition coefficient (Wildman–Crippen LogP) is 2.04. The Bertz CT molecular complexity index is 419. The lowest BCUT2D eigenvalue weighted by Crippen LogP contribution is -2.32. The van der Waals surface area contributed by atoms with Gasteiger partial charge in [-0.3, -0.25) is 15.7 Å². The maximum atomic E-state index is 9.08. The van der Waals surface area contributed by atoms with Crippen molar-refractivity contribution in [1.82, 2.24) is 5.48 Å². The van der Waals surface area contributed by atoms with Gasteiger partial charge >= 0.3 is 0 Å². The maximum absolute atomic E-state index is 9.08. The molecule has 0 aliphatic carbocycles. The first-order valence-electron chi connectivity index (χ1n) is 5.26. The van der Waals surface area contributed by atoms with E-state index in [-0.39, 0.29) is 11.5 Å². The zero-order chi connectivity index (χ0) is 12.9. The van der Waals surface area contributed by atoms with Crippen molar-refractivity contribution < 1.29 is 10.4 Å². The molecular weight excluding hydrogens is 218 g/mol. The number of hydrogen-bond acceptors (Lipinski definition) is 4. The van der Waals surface area contributed by atoms with Gasteiger partial charge in [0, 0.05) is 5.56 Å². The van der Waals surface area contributed by atoms with Crippen LogP contribution in [0.2, 0.25) is 0 Å². The van der Waals surface area contributed by atoms with Crippen LogP contribution < -0.4 is 5.48 Å². The molecule has 0 amide bonds. The Labute approximate surface area is 100 Å². The molecule has 0 saturated heterocycles. The molecule has 0 aliphatic rings. The standard InChI is InChI=1S/C12H17N3O2/c1-12(2,3)13-11(15-17)10(14-16)9-7-5-4-6-8-9/h4-8,16-17H,1-3H3,(H,13,15)/b14-10+. The Hall–Kier alpha value is -1.88. The average molecular weight is 235 g/mol. The Balaban J connectivity index is 3.15. The molecule has 0 unspecified atom stereocenters. The number of aliphatic imine (C=N–C) groups is 1. The number of rotatable bonds is 2. The number of hydrogen-bond donors (Lipinski definition) is 3. The van der Waals surface area contributed by atoms with Crippen molar-refractivity contribution in [1.29, 1.82) is 0 Å². The van der Waals surface area contributed by atoms with E-state index in [0.29, 0.717) is 5.56 Å². The predicted molar refractivity (Wildman–Crippen MR) is 66.9 cm³/mol. The van der Waals surface area contributed by atoms with Gasteiger partial charge in [0.25, 0.3) is 0 Å². The monoisotopic (exact) mass is 235 g/mol. The Morgan fingerprint density at radius 3 is 2.18 bits per heavy atom. The van der Waals surface area contributed by atoms with E-state index in [4.69, 9.17) is 10.4 Å². The molecule has 5 heteroatoms. The molecule has 0 spiro atoms. The molecule has 0 fully saturated rings. The number of nitrogens with one attached hydrogen (secondary N) is 1. The molecule has 0 aliphatic heterocycles. The fourth-order valence-corrected chi connectivity index (χ4v) is 1.30. The number of oxime groups is 1. The van der Waals surface area contributed by atoms with Gasteiger partial charge in [-0.2, -0.15) is 0 Å². The van der Waals surface area contributed by atoms with Gasteiger partial charge in [0.15, 0.2) is 11.5 Å². The maximum Gasteiger partial charge on any atom is 0.175 e. The van der Waals surface area contributed by atoms with Crippen LogP contribution in [0.15, 0.2) is 40.5 Å². The highest BCUT2D eigenvalue weighted by Crippen LogP contribution is 2.09. The van der Waals surface area contributed by atoms with Crippen LogP contribution in [0, 0.1) is 0 Å². The molecule has 0 aromatic heterocycles. The lowest BCUT2D eigenvalue weighted by atomic mass is 10.1. The van der Waals surface area contributed by atoms with E-state index in [9.17, 15) is 0 Å². The molecule has 1 rings (SSSR count). The van der Waals surface area contributed by atoms with E-state index >= 15 is 0 Å². The first-order valence-corrected chi connectivity index (χ1v) is 5.26. The van der Waals surface area contributed by atoms with Crippen LogP contribution in [-0.4, -0.2) is 27.5 Å². The SMILES string of the molecule is CC(C)(C)N=C(NO)/C(=N/O)c1ccccc1. The topological polar surface area (TPSA) is 77.2 Å². The van der Waals surface area contributed by atoms with E-state index in [1.807, 2.05) is 44.5 Å². The van der Waals surface area contributed by atoms with Gasteiger partial charge in [0.2, 0.25) is 0 Å². The highest BCUT2D eigenvalue weighted by Gasteiger charge is 2.16. The van der Waals surface area contributed by atoms with Gasteiger partial charge in [-0.1, -0.05) is 35.5 Å². The summed E-state index contributed by atoms with van der Waals surface area (Å²) in [4.78, 5) is 4.24. The third-order valence-electron chi connectivity index (χ3n) is 1.92. The average Bonchev–Trinajstić information content (AvgIpc) is 2.28. The number of benzene rings is 1. The van der Waals surface area contributed by atoms with Crippen molar-refractivity contribution in [2.45, 2.75) is 26.3 Å². The number of hydroxylamine groups is 1. The van der Waals surface area contributed by atoms with Crippen LogP contribution in [0.3, 0.4) is 0 Å². The zero-order valence-corrected chi connectivity index (χ0v) is 10.2. The number of amidine groups is 1. The second-order valence-electron chi connectivity index (χ2n) is 4.56. The van der Waals surface area contributed by atoms with Gasteiger partial charge in [0.1, 0.15) is 0 Å². The van der Waals surface area contributed by atoms with Crippen LogP contribution in [0.25, 0.3) is 0 Å². The largest absolute Gasteiger partial charge is 0.410 e. The second-order valence-corrected chi connectivity index (χ2v) is 4.56. The summed E-state index contributed by atoms with van der Waals surface area (Å²) in [6.45, 7) is 5.64. The number of nitrogens with zero attached hydrogens (tertiary/aromatic N) is 2. The van der Waals surface area contributed by atoms with Crippen molar-refractivity contribution in [2.75, 3.05) is 0 Å². The van der Waals surface area contributed by atoms with Crippen molar-refractivity contribution in [2.24, 2.45) is 10.1 Å². The summed E-state index contributed by atoms with van der Waals surface area (Å²) in [7, 11) is 0. The highest BCUT2D eigenvalue weighted by molar-refractivity contribution is 6.47. The molecule has 92 valence electrons. The van der Waals surface area contributed by atoms with E-state index in [1.165, 1.54) is 0 Å². The second kappa shape index (κ2) is 5.45. The summed E-state index contributed by atoms with van der Waals surface area (Å²) < 4.78 is 0. The van der Waals surface area contributed by atoms with Gasteiger partial charge in [-0.15, -0.1) is 0 Å². The highest BCUT2D eigenvalue weighted by atomic mass is 16.5. The van der Waals surface area contributed by atoms with Crippen LogP contribution in [0.1, 0.15) is 26.3 Å². The molecule has 1 aromatic carbocycles. The first kappa shape index (κ1) is 13.2. The third-order valence-corrected chi connectivity index (χ3v) is 1.92. The van der Waals surface area contributed by atoms with Crippen LogP contribution in [0.4, 0.5) is 0 Å². The smallest absolute Gasteiger partial charge is 0.175 e. The van der Waals surface area contributed by atoms with Crippen molar-refractivity contribution in [3.8, 4) is 0 Å². The summed E-state index contributed by atoms with van der Waals surface area (Å²) in [5.74, 6) is 0.131. The Kier molecular flexibility index (Phi) is 4.23. The minimum atomic E-state index is -0.393. The molecule has 0 saturated carbocycles. The first-order chi connectivity index (χ1) is 7.98. The fourth-order valence-electron chi connectivity index (χ4n) is 1.30. The molecule has 1 aromatic rings. The van der Waals surface area contributed by atoms with Gasteiger partial charge in [-0.05, 0) is 20.8 Å². The molecule has 3 N–H and O–H groups in total. The van der Waals surface area contributed by atoms with E-state index in [1.54, 1.807) is 12.1 Å². The molecule has 17 heavy (non-hydrogen) atoms. The van der Waals surface area contributed by atoms with Gasteiger partial charge in [0.05, 0.1) is 5.54 Å². The molecule has 0 atom stereocenters. The summed E-state index contributed by atoms with van der Waals surface area (Å²) in [6, 6.07) is 9.01. The normalized spacial score (nSPS) is 13.6. The quantitative estimate of drug-likeness (QED) is 0.318. The van der Waals surface area contributed by atoms with Crippen LogP contribution in [0.5, 0.6) is 0 Å². The summed E-state index contributed by atoms with van der Waals surface area (Å²) in [6.07, 6.45) is 0. The van der Waals surface area contributed by atoms with E-state index < -0.39 is 5.54 Å². The lowest BCUT2D eigenvalue weighted by molar-refractivity contribution is 0.234. The van der Waals surface area contributed by atoms with Gasteiger partial charge in [-0.25, -0.2) is 0 Å². The molecule has 5 nitrogen and oxygen atoms in total. The third kappa shape index (κ3) is 3.88. The molecule has 0 heterocycles. The van der Waals surface area contributed by atoms with Crippen LogP contribution >= 0.6 is 0 Å². The van der Waals surface area contributed by atoms with Gasteiger partial charge < -0.3 is 5.21 Å². The Morgan fingerprint density at radius 2 is 1.76 bits per heavy atom. The summed E-state index contributed by atoms with van der Waals surface area (Å²) in [5.41, 5.74) is 2.44. The molecular formula is C12H17N3O2. The summed E-state index contributed by atoms with van der Waals surface area (Å²) in [5, 5.41) is 21.3. The molecule has 0 radical (unpaired) electrons.